The van der Waals surface area contributed by atoms with Crippen molar-refractivity contribution in [1.29, 1.82) is 0 Å². The molecule has 0 atom stereocenters. The van der Waals surface area contributed by atoms with Crippen molar-refractivity contribution >= 4 is 23.6 Å². The Kier molecular flexibility index (Phi) is 5.33. The Morgan fingerprint density at radius 3 is 2.58 bits per heavy atom. The molecule has 0 bridgehead atoms. The number of benzene rings is 1. The fraction of sp³-hybridized carbons (Fsp3) is 0.333. The van der Waals surface area contributed by atoms with Gasteiger partial charge in [-0.3, -0.25) is 9.69 Å². The van der Waals surface area contributed by atoms with Gasteiger partial charge in [-0.2, -0.15) is 0 Å². The molecule has 126 valence electrons. The van der Waals surface area contributed by atoms with Crippen LogP contribution in [0.3, 0.4) is 0 Å². The second kappa shape index (κ2) is 7.64. The zero-order valence-corrected chi connectivity index (χ0v) is 14.4. The number of hydrogen-bond donors (Lipinski definition) is 0. The summed E-state index contributed by atoms with van der Waals surface area (Å²) in [5.41, 5.74) is 2.08. The standard InChI is InChI=1S/C18H20ClN3O2/c1-14-16(12-20-24-14)13-21-8-10-22(11-9-21)18(23)7-4-15-2-5-17(19)6-3-15/h2-7,12H,8-11,13H2,1H3. The minimum absolute atomic E-state index is 0.0470. The number of carbonyl (C=O) groups is 1. The number of rotatable bonds is 4. The third kappa shape index (κ3) is 4.24. The van der Waals surface area contributed by atoms with Crippen LogP contribution in [-0.4, -0.2) is 47.0 Å². The quantitative estimate of drug-likeness (QED) is 0.799. The monoisotopic (exact) mass is 345 g/mol. The molecule has 1 aromatic heterocycles. The number of aromatic nitrogens is 1. The fourth-order valence-electron chi connectivity index (χ4n) is 2.68. The minimum atomic E-state index is 0.0470. The van der Waals surface area contributed by atoms with Crippen LogP contribution in [0.2, 0.25) is 5.02 Å². The summed E-state index contributed by atoms with van der Waals surface area (Å²) in [6.07, 6.45) is 5.22. The van der Waals surface area contributed by atoms with Crippen LogP contribution < -0.4 is 0 Å². The van der Waals surface area contributed by atoms with Crippen LogP contribution in [-0.2, 0) is 11.3 Å². The summed E-state index contributed by atoms with van der Waals surface area (Å²) in [7, 11) is 0. The molecule has 5 nitrogen and oxygen atoms in total. The SMILES string of the molecule is Cc1oncc1CN1CCN(C(=O)C=Cc2ccc(Cl)cc2)CC1. The highest BCUT2D eigenvalue weighted by molar-refractivity contribution is 6.30. The van der Waals surface area contributed by atoms with Gasteiger partial charge in [0.25, 0.3) is 0 Å². The summed E-state index contributed by atoms with van der Waals surface area (Å²) in [4.78, 5) is 16.5. The van der Waals surface area contributed by atoms with Gasteiger partial charge in [0.2, 0.25) is 5.91 Å². The van der Waals surface area contributed by atoms with Gasteiger partial charge in [-0.05, 0) is 30.7 Å². The van der Waals surface area contributed by atoms with Gasteiger partial charge in [-0.15, -0.1) is 0 Å². The summed E-state index contributed by atoms with van der Waals surface area (Å²) >= 11 is 5.86. The largest absolute Gasteiger partial charge is 0.361 e. The third-order valence-electron chi connectivity index (χ3n) is 4.22. The van der Waals surface area contributed by atoms with Crippen LogP contribution in [0, 0.1) is 6.92 Å². The Balaban J connectivity index is 1.49. The summed E-state index contributed by atoms with van der Waals surface area (Å²) in [5, 5.41) is 4.50. The van der Waals surface area contributed by atoms with Crippen LogP contribution >= 0.6 is 11.6 Å². The average molecular weight is 346 g/mol. The molecule has 0 aliphatic carbocycles. The van der Waals surface area contributed by atoms with E-state index in [0.29, 0.717) is 5.02 Å². The van der Waals surface area contributed by atoms with E-state index in [1.54, 1.807) is 12.3 Å². The number of hydrogen-bond acceptors (Lipinski definition) is 4. The van der Waals surface area contributed by atoms with E-state index in [-0.39, 0.29) is 5.91 Å². The Morgan fingerprint density at radius 2 is 1.96 bits per heavy atom. The first kappa shape index (κ1) is 16.7. The second-order valence-corrected chi connectivity index (χ2v) is 6.33. The van der Waals surface area contributed by atoms with Crippen molar-refractivity contribution in [3.05, 3.63) is 58.4 Å². The molecule has 0 spiro atoms. The third-order valence-corrected chi connectivity index (χ3v) is 4.47. The number of aryl methyl sites for hydroxylation is 1. The van der Waals surface area contributed by atoms with Gasteiger partial charge < -0.3 is 9.42 Å². The number of halogens is 1. The van der Waals surface area contributed by atoms with Crippen LogP contribution in [0.5, 0.6) is 0 Å². The first-order chi connectivity index (χ1) is 11.6. The van der Waals surface area contributed by atoms with Crippen molar-refractivity contribution < 1.29 is 9.32 Å². The molecule has 2 aromatic rings. The van der Waals surface area contributed by atoms with Crippen molar-refractivity contribution in [3.8, 4) is 0 Å². The molecule has 1 fully saturated rings. The maximum Gasteiger partial charge on any atom is 0.246 e. The van der Waals surface area contributed by atoms with Gasteiger partial charge in [0.15, 0.2) is 0 Å². The number of amides is 1. The first-order valence-electron chi connectivity index (χ1n) is 7.97. The lowest BCUT2D eigenvalue weighted by Crippen LogP contribution is -2.47. The van der Waals surface area contributed by atoms with Gasteiger partial charge >= 0.3 is 0 Å². The summed E-state index contributed by atoms with van der Waals surface area (Å²) in [5.74, 6) is 0.908. The molecule has 1 aromatic carbocycles. The zero-order valence-electron chi connectivity index (χ0n) is 13.6. The highest BCUT2D eigenvalue weighted by Crippen LogP contribution is 2.13. The summed E-state index contributed by atoms with van der Waals surface area (Å²) in [6.45, 7) is 5.90. The van der Waals surface area contributed by atoms with E-state index in [1.165, 1.54) is 0 Å². The topological polar surface area (TPSA) is 49.6 Å². The predicted molar refractivity (Wildman–Crippen MR) is 93.6 cm³/mol. The van der Waals surface area contributed by atoms with E-state index in [2.05, 4.69) is 10.1 Å². The molecule has 0 N–H and O–H groups in total. The van der Waals surface area contributed by atoms with E-state index in [4.69, 9.17) is 16.1 Å². The molecule has 1 aliphatic rings. The van der Waals surface area contributed by atoms with Crippen molar-refractivity contribution in [1.82, 2.24) is 15.0 Å². The van der Waals surface area contributed by atoms with E-state index in [0.717, 1.165) is 49.6 Å². The lowest BCUT2D eigenvalue weighted by atomic mass is 10.2. The number of piperazine rings is 1. The van der Waals surface area contributed by atoms with Crippen molar-refractivity contribution in [2.45, 2.75) is 13.5 Å². The highest BCUT2D eigenvalue weighted by Gasteiger charge is 2.20. The zero-order chi connectivity index (χ0) is 16.9. The summed E-state index contributed by atoms with van der Waals surface area (Å²) in [6, 6.07) is 7.42. The Morgan fingerprint density at radius 1 is 1.25 bits per heavy atom. The first-order valence-corrected chi connectivity index (χ1v) is 8.34. The van der Waals surface area contributed by atoms with Gasteiger partial charge in [0.05, 0.1) is 6.20 Å². The van der Waals surface area contributed by atoms with Gasteiger partial charge in [0.1, 0.15) is 5.76 Å². The van der Waals surface area contributed by atoms with Crippen molar-refractivity contribution in [3.63, 3.8) is 0 Å². The van der Waals surface area contributed by atoms with Crippen LogP contribution in [0.25, 0.3) is 6.08 Å². The molecular formula is C18H20ClN3O2. The van der Waals surface area contributed by atoms with Crippen molar-refractivity contribution in [2.24, 2.45) is 0 Å². The van der Waals surface area contributed by atoms with E-state index in [1.807, 2.05) is 42.2 Å². The maximum atomic E-state index is 12.3. The lowest BCUT2D eigenvalue weighted by Gasteiger charge is -2.34. The minimum Gasteiger partial charge on any atom is -0.361 e. The molecule has 1 amide bonds. The molecule has 1 saturated heterocycles. The number of nitrogens with zero attached hydrogens (tertiary/aromatic N) is 3. The van der Waals surface area contributed by atoms with Gasteiger partial charge in [-0.1, -0.05) is 28.9 Å². The van der Waals surface area contributed by atoms with E-state index < -0.39 is 0 Å². The Labute approximate surface area is 146 Å². The molecular weight excluding hydrogens is 326 g/mol. The average Bonchev–Trinajstić information content (AvgIpc) is 3.00. The lowest BCUT2D eigenvalue weighted by molar-refractivity contribution is -0.127. The Hall–Kier alpha value is -2.11. The molecule has 3 rings (SSSR count). The fourth-order valence-corrected chi connectivity index (χ4v) is 2.81. The highest BCUT2D eigenvalue weighted by atomic mass is 35.5. The maximum absolute atomic E-state index is 12.3. The molecule has 0 radical (unpaired) electrons. The van der Waals surface area contributed by atoms with Crippen LogP contribution in [0.1, 0.15) is 16.9 Å². The summed E-state index contributed by atoms with van der Waals surface area (Å²) < 4.78 is 5.09. The predicted octanol–water partition coefficient (Wildman–Crippen LogP) is 2.99. The molecule has 24 heavy (non-hydrogen) atoms. The van der Waals surface area contributed by atoms with Crippen molar-refractivity contribution in [2.75, 3.05) is 26.2 Å². The molecule has 0 saturated carbocycles. The second-order valence-electron chi connectivity index (χ2n) is 5.89. The normalized spacial score (nSPS) is 16.0. The van der Waals surface area contributed by atoms with Crippen LogP contribution in [0.4, 0.5) is 0 Å². The Bertz CT molecular complexity index is 716. The smallest absolute Gasteiger partial charge is 0.246 e. The molecule has 0 unspecified atom stereocenters. The molecule has 6 heteroatoms. The van der Waals surface area contributed by atoms with Gasteiger partial charge in [-0.25, -0.2) is 0 Å². The van der Waals surface area contributed by atoms with Gasteiger partial charge in [0, 0.05) is 49.4 Å². The van der Waals surface area contributed by atoms with E-state index in [9.17, 15) is 4.79 Å². The number of carbonyl (C=O) groups excluding carboxylic acids is 1. The molecule has 1 aliphatic heterocycles. The van der Waals surface area contributed by atoms with E-state index >= 15 is 0 Å². The van der Waals surface area contributed by atoms with Crippen LogP contribution in [0.15, 0.2) is 41.1 Å². The molecule has 2 heterocycles.